The van der Waals surface area contributed by atoms with Crippen molar-refractivity contribution >= 4 is 49.5 Å². The van der Waals surface area contributed by atoms with Crippen LogP contribution in [0.25, 0.3) is 12.2 Å². The molecule has 0 saturated heterocycles. The first-order valence-electron chi connectivity index (χ1n) is 11.1. The van der Waals surface area contributed by atoms with Crippen LogP contribution in [0.5, 0.6) is 0 Å². The highest BCUT2D eigenvalue weighted by Crippen LogP contribution is 2.27. The van der Waals surface area contributed by atoms with E-state index in [0.29, 0.717) is 17.3 Å². The van der Waals surface area contributed by atoms with Gasteiger partial charge in [0.1, 0.15) is 9.79 Å². The average Bonchev–Trinajstić information content (AvgIpc) is 2.82. The zero-order valence-corrected chi connectivity index (χ0v) is 21.7. The fourth-order valence-corrected chi connectivity index (χ4v) is 5.01. The molecule has 8 nitrogen and oxygen atoms in total. The van der Waals surface area contributed by atoms with E-state index in [-0.39, 0.29) is 16.8 Å². The lowest BCUT2D eigenvalue weighted by molar-refractivity contribution is 0.480. The summed E-state index contributed by atoms with van der Waals surface area (Å²) in [5.41, 5.74) is 9.01. The lowest BCUT2D eigenvalue weighted by atomic mass is 9.97. The summed E-state index contributed by atoms with van der Waals surface area (Å²) in [4.78, 5) is 3.68. The minimum absolute atomic E-state index is 0.0896. The molecule has 0 radical (unpaired) electrons. The lowest BCUT2D eigenvalue weighted by Crippen LogP contribution is -2.02. The predicted molar refractivity (Wildman–Crippen MR) is 143 cm³/mol. The summed E-state index contributed by atoms with van der Waals surface area (Å²) in [7, 11) is -9.20. The molecule has 0 saturated carbocycles. The second-order valence-corrected chi connectivity index (χ2v) is 11.2. The van der Waals surface area contributed by atoms with Gasteiger partial charge in [-0.05, 0) is 65.8 Å². The van der Waals surface area contributed by atoms with Gasteiger partial charge in [-0.1, -0.05) is 62.4 Å². The molecule has 0 amide bonds. The Labute approximate surface area is 211 Å². The number of nitrogen functional groups attached to an aromatic ring is 1. The molecule has 0 fully saturated rings. The van der Waals surface area contributed by atoms with E-state index < -0.39 is 30.0 Å². The molecule has 1 atom stereocenters. The van der Waals surface area contributed by atoms with Gasteiger partial charge in [0.05, 0.1) is 5.69 Å². The highest BCUT2D eigenvalue weighted by molar-refractivity contribution is 7.86. The molecule has 0 spiro atoms. The third-order valence-electron chi connectivity index (χ3n) is 5.84. The highest BCUT2D eigenvalue weighted by Gasteiger charge is 2.17. The molecule has 0 aliphatic heterocycles. The van der Waals surface area contributed by atoms with Crippen LogP contribution < -0.4 is 5.73 Å². The molecule has 36 heavy (non-hydrogen) atoms. The number of aliphatic imine (C=N–C) groups is 1. The number of nitrogens with zero attached hydrogens (tertiary/aromatic N) is 1. The van der Waals surface area contributed by atoms with Gasteiger partial charge in [0.2, 0.25) is 0 Å². The number of hydrogen-bond acceptors (Lipinski definition) is 6. The second-order valence-electron chi connectivity index (χ2n) is 8.43. The fraction of sp³-hybridized carbons (Fsp3) is 0.192. The summed E-state index contributed by atoms with van der Waals surface area (Å²) >= 11 is 0. The largest absolute Gasteiger partial charge is 0.399 e. The van der Waals surface area contributed by atoms with Crippen molar-refractivity contribution in [2.45, 2.75) is 42.9 Å². The summed E-state index contributed by atoms with van der Waals surface area (Å²) in [6.07, 6.45) is 3.65. The van der Waals surface area contributed by atoms with Gasteiger partial charge in [0.25, 0.3) is 20.2 Å². The Hall–Kier alpha value is -3.31. The Morgan fingerprint density at radius 1 is 0.889 bits per heavy atom. The smallest absolute Gasteiger partial charge is 0.295 e. The quantitative estimate of drug-likeness (QED) is 0.149. The first-order valence-corrected chi connectivity index (χ1v) is 14.0. The maximum absolute atomic E-state index is 12.1. The number of benzene rings is 3. The minimum atomic E-state index is -4.63. The van der Waals surface area contributed by atoms with Gasteiger partial charge < -0.3 is 5.73 Å². The maximum atomic E-state index is 12.1. The molecule has 0 heterocycles. The van der Waals surface area contributed by atoms with Gasteiger partial charge in [0, 0.05) is 11.4 Å². The van der Waals surface area contributed by atoms with Crippen LogP contribution in [-0.4, -0.2) is 31.7 Å². The maximum Gasteiger partial charge on any atom is 0.295 e. The van der Waals surface area contributed by atoms with Crippen LogP contribution in [0.3, 0.4) is 0 Å². The van der Waals surface area contributed by atoms with Crippen molar-refractivity contribution in [3.8, 4) is 0 Å². The molecule has 0 aliphatic rings. The molecule has 0 aliphatic carbocycles. The van der Waals surface area contributed by atoms with E-state index in [1.165, 1.54) is 42.0 Å². The van der Waals surface area contributed by atoms with Crippen LogP contribution >= 0.6 is 0 Å². The van der Waals surface area contributed by atoms with Crippen molar-refractivity contribution in [1.29, 1.82) is 0 Å². The number of anilines is 1. The Morgan fingerprint density at radius 2 is 1.42 bits per heavy atom. The monoisotopic (exact) mass is 528 g/mol. The van der Waals surface area contributed by atoms with Gasteiger partial charge in [-0.25, -0.2) is 0 Å². The Kier molecular flexibility index (Phi) is 8.15. The van der Waals surface area contributed by atoms with Gasteiger partial charge in [-0.2, -0.15) is 16.8 Å². The molecule has 0 bridgehead atoms. The zero-order valence-electron chi connectivity index (χ0n) is 20.1. The van der Waals surface area contributed by atoms with Crippen LogP contribution in [0.2, 0.25) is 0 Å². The topological polar surface area (TPSA) is 147 Å². The molecular weight excluding hydrogens is 500 g/mol. The standard InChI is InChI=1S/C26H28N2O6S2/c1-4-17(2)19-5-7-20(8-6-19)18(3)28-24-14-12-22(26(16-24)36(32,33)34)10-9-21-11-13-23(27)15-25(21)35(29,30)31/h5-17H,4,27H2,1-3H3,(H,29,30,31)(H,32,33,34)/b10-9+,28-18+. The van der Waals surface area contributed by atoms with Gasteiger partial charge in [0.15, 0.2) is 0 Å². The molecular formula is C26H28N2O6S2. The van der Waals surface area contributed by atoms with Crippen molar-refractivity contribution in [1.82, 2.24) is 0 Å². The summed E-state index contributed by atoms with van der Waals surface area (Å²) in [5.74, 6) is 0.441. The van der Waals surface area contributed by atoms with Crippen molar-refractivity contribution < 1.29 is 25.9 Å². The van der Waals surface area contributed by atoms with Gasteiger partial charge in [-0.15, -0.1) is 0 Å². The van der Waals surface area contributed by atoms with E-state index in [9.17, 15) is 25.9 Å². The molecule has 3 aromatic rings. The number of rotatable bonds is 8. The van der Waals surface area contributed by atoms with E-state index >= 15 is 0 Å². The lowest BCUT2D eigenvalue weighted by Gasteiger charge is -2.10. The van der Waals surface area contributed by atoms with Crippen molar-refractivity contribution in [3.63, 3.8) is 0 Å². The van der Waals surface area contributed by atoms with E-state index in [2.05, 4.69) is 18.8 Å². The predicted octanol–water partition coefficient (Wildman–Crippen LogP) is 5.59. The van der Waals surface area contributed by atoms with Crippen LogP contribution in [0.1, 0.15) is 55.4 Å². The Balaban J connectivity index is 1.99. The van der Waals surface area contributed by atoms with E-state index in [4.69, 9.17) is 5.73 Å². The minimum Gasteiger partial charge on any atom is -0.399 e. The van der Waals surface area contributed by atoms with Crippen molar-refractivity contribution in [2.24, 2.45) is 4.99 Å². The van der Waals surface area contributed by atoms with Crippen LogP contribution in [0.15, 0.2) is 75.4 Å². The van der Waals surface area contributed by atoms with Crippen molar-refractivity contribution in [2.75, 3.05) is 5.73 Å². The molecule has 3 rings (SSSR count). The van der Waals surface area contributed by atoms with Gasteiger partial charge >= 0.3 is 0 Å². The molecule has 3 aromatic carbocycles. The molecule has 4 N–H and O–H groups in total. The first-order chi connectivity index (χ1) is 16.8. The van der Waals surface area contributed by atoms with E-state index in [0.717, 1.165) is 18.1 Å². The first kappa shape index (κ1) is 27.3. The molecule has 190 valence electrons. The molecule has 10 heteroatoms. The average molecular weight is 529 g/mol. The van der Waals surface area contributed by atoms with Crippen LogP contribution in [-0.2, 0) is 20.2 Å². The third-order valence-corrected chi connectivity index (χ3v) is 7.66. The second kappa shape index (κ2) is 10.8. The summed E-state index contributed by atoms with van der Waals surface area (Å²) in [5, 5.41) is 0. The Morgan fingerprint density at radius 3 is 1.94 bits per heavy atom. The highest BCUT2D eigenvalue weighted by atomic mass is 32.2. The van der Waals surface area contributed by atoms with Crippen LogP contribution in [0, 0.1) is 0 Å². The fourth-order valence-electron chi connectivity index (χ4n) is 3.59. The Bertz CT molecular complexity index is 1540. The number of nitrogens with two attached hydrogens (primary N) is 1. The van der Waals surface area contributed by atoms with E-state index in [1.54, 1.807) is 13.0 Å². The normalized spacial score (nSPS) is 13.8. The third kappa shape index (κ3) is 6.67. The van der Waals surface area contributed by atoms with Gasteiger partial charge in [-0.3, -0.25) is 14.1 Å². The summed E-state index contributed by atoms with van der Waals surface area (Å²) in [6.45, 7) is 6.08. The van der Waals surface area contributed by atoms with E-state index in [1.807, 2.05) is 24.3 Å². The zero-order chi connectivity index (χ0) is 26.7. The summed E-state index contributed by atoms with van der Waals surface area (Å²) < 4.78 is 66.9. The SMILES string of the molecule is CCC(C)c1ccc(/C(C)=N/c2ccc(/C=C/c3ccc(N)cc3S(=O)(=O)O)c(S(=O)(=O)O)c2)cc1. The summed E-state index contributed by atoms with van der Waals surface area (Å²) in [6, 6.07) is 16.2. The van der Waals surface area contributed by atoms with Crippen molar-refractivity contribution in [3.05, 3.63) is 82.9 Å². The number of hydrogen-bond donors (Lipinski definition) is 3. The molecule has 0 aromatic heterocycles. The molecule has 1 unspecified atom stereocenters. The van der Waals surface area contributed by atoms with Crippen LogP contribution in [0.4, 0.5) is 11.4 Å².